The van der Waals surface area contributed by atoms with Crippen LogP contribution in [0.15, 0.2) is 34.6 Å². The van der Waals surface area contributed by atoms with Crippen LogP contribution in [0.3, 0.4) is 0 Å². The lowest BCUT2D eigenvalue weighted by Gasteiger charge is -2.24. The normalized spacial score (nSPS) is 18.3. The zero-order chi connectivity index (χ0) is 23.2. The SMILES string of the molecule is Cc1nnc(SCC(=O)NCCN2C(=O)S/C(=C\c3cccnc3)C2=O)n1C1CCCCC1. The molecule has 0 aromatic carbocycles. The van der Waals surface area contributed by atoms with Gasteiger partial charge in [-0.05, 0) is 49.2 Å². The molecule has 1 N–H and O–H groups in total. The molecule has 0 radical (unpaired) electrons. The van der Waals surface area contributed by atoms with Gasteiger partial charge in [0.25, 0.3) is 11.1 Å². The van der Waals surface area contributed by atoms with E-state index in [-0.39, 0.29) is 35.9 Å². The molecule has 2 aromatic heterocycles. The van der Waals surface area contributed by atoms with Gasteiger partial charge >= 0.3 is 0 Å². The maximum atomic E-state index is 12.6. The number of hydrogen-bond donors (Lipinski definition) is 1. The number of amides is 3. The summed E-state index contributed by atoms with van der Waals surface area (Å²) in [7, 11) is 0. The fourth-order valence-electron chi connectivity index (χ4n) is 4.00. The summed E-state index contributed by atoms with van der Waals surface area (Å²) in [5, 5.41) is 11.7. The Morgan fingerprint density at radius 1 is 1.27 bits per heavy atom. The summed E-state index contributed by atoms with van der Waals surface area (Å²) in [4.78, 5) is 42.7. The van der Waals surface area contributed by atoms with E-state index in [1.807, 2.05) is 13.0 Å². The largest absolute Gasteiger partial charge is 0.354 e. The maximum absolute atomic E-state index is 12.6. The Kier molecular flexibility index (Phi) is 7.81. The van der Waals surface area contributed by atoms with E-state index in [1.165, 1.54) is 31.0 Å². The van der Waals surface area contributed by atoms with Crippen LogP contribution in [0.2, 0.25) is 0 Å². The summed E-state index contributed by atoms with van der Waals surface area (Å²) >= 11 is 2.26. The first-order valence-corrected chi connectivity index (χ1v) is 12.8. The summed E-state index contributed by atoms with van der Waals surface area (Å²) in [6.07, 6.45) is 10.8. The van der Waals surface area contributed by atoms with Crippen LogP contribution in [0.5, 0.6) is 0 Å². The minimum atomic E-state index is -0.353. The van der Waals surface area contributed by atoms with Crippen molar-refractivity contribution in [2.24, 2.45) is 0 Å². The van der Waals surface area contributed by atoms with Crippen molar-refractivity contribution in [1.29, 1.82) is 0 Å². The molecule has 2 aromatic rings. The molecule has 0 bridgehead atoms. The van der Waals surface area contributed by atoms with E-state index in [9.17, 15) is 14.4 Å². The Hall–Kier alpha value is -2.66. The summed E-state index contributed by atoms with van der Waals surface area (Å²) in [5.41, 5.74) is 0.754. The molecule has 2 fully saturated rings. The van der Waals surface area contributed by atoms with E-state index in [4.69, 9.17) is 0 Å². The molecule has 174 valence electrons. The number of imide groups is 1. The van der Waals surface area contributed by atoms with Crippen LogP contribution in [0.25, 0.3) is 6.08 Å². The fraction of sp³-hybridized carbons (Fsp3) is 0.455. The number of pyridine rings is 1. The Morgan fingerprint density at radius 2 is 2.09 bits per heavy atom. The van der Waals surface area contributed by atoms with Gasteiger partial charge in [-0.1, -0.05) is 37.1 Å². The second-order valence-electron chi connectivity index (χ2n) is 7.95. The van der Waals surface area contributed by atoms with Crippen molar-refractivity contribution in [2.75, 3.05) is 18.8 Å². The number of nitrogens with one attached hydrogen (secondary N) is 1. The molecule has 3 heterocycles. The van der Waals surface area contributed by atoms with Gasteiger partial charge in [0.05, 0.1) is 10.7 Å². The van der Waals surface area contributed by atoms with Gasteiger partial charge in [0, 0.05) is 31.5 Å². The lowest BCUT2D eigenvalue weighted by Crippen LogP contribution is -2.37. The van der Waals surface area contributed by atoms with Gasteiger partial charge in [-0.2, -0.15) is 0 Å². The predicted molar refractivity (Wildman–Crippen MR) is 128 cm³/mol. The number of nitrogens with zero attached hydrogens (tertiary/aromatic N) is 5. The molecule has 0 atom stereocenters. The van der Waals surface area contributed by atoms with Crippen LogP contribution in [0, 0.1) is 6.92 Å². The van der Waals surface area contributed by atoms with E-state index in [1.54, 1.807) is 24.5 Å². The number of aromatic nitrogens is 4. The van der Waals surface area contributed by atoms with Crippen molar-refractivity contribution >= 4 is 46.7 Å². The third kappa shape index (κ3) is 5.83. The molecule has 1 aliphatic heterocycles. The lowest BCUT2D eigenvalue weighted by atomic mass is 9.95. The zero-order valence-electron chi connectivity index (χ0n) is 18.4. The van der Waals surface area contributed by atoms with Crippen LogP contribution in [0.1, 0.15) is 49.5 Å². The van der Waals surface area contributed by atoms with E-state index < -0.39 is 0 Å². The molecule has 1 saturated heterocycles. The molecule has 0 spiro atoms. The highest BCUT2D eigenvalue weighted by Crippen LogP contribution is 2.33. The number of rotatable bonds is 8. The molecule has 4 rings (SSSR count). The predicted octanol–water partition coefficient (Wildman–Crippen LogP) is 3.43. The second-order valence-corrected chi connectivity index (χ2v) is 9.89. The summed E-state index contributed by atoms with van der Waals surface area (Å²) in [5.74, 6) is 0.555. The summed E-state index contributed by atoms with van der Waals surface area (Å²) in [6, 6.07) is 3.98. The van der Waals surface area contributed by atoms with Crippen molar-refractivity contribution in [2.45, 2.75) is 50.2 Å². The second kappa shape index (κ2) is 11.0. The minimum Gasteiger partial charge on any atom is -0.354 e. The molecular formula is C22H26N6O3S2. The van der Waals surface area contributed by atoms with E-state index in [2.05, 4.69) is 25.1 Å². The number of carbonyl (C=O) groups excluding carboxylic acids is 3. The standard InChI is InChI=1S/C22H26N6O3S2/c1-15-25-26-21(28(15)17-7-3-2-4-8-17)32-14-19(29)24-10-11-27-20(30)18(33-22(27)31)12-16-6-5-9-23-13-16/h5-6,9,12-13,17H,2-4,7-8,10-11,14H2,1H3,(H,24,29)/b18-12-. The third-order valence-corrected chi connectivity index (χ3v) is 7.47. The van der Waals surface area contributed by atoms with Crippen molar-refractivity contribution in [3.63, 3.8) is 0 Å². The van der Waals surface area contributed by atoms with Crippen molar-refractivity contribution in [3.05, 3.63) is 40.8 Å². The molecule has 0 unspecified atom stereocenters. The van der Waals surface area contributed by atoms with Crippen LogP contribution in [-0.4, -0.2) is 60.5 Å². The molecule has 11 heteroatoms. The molecule has 1 aliphatic carbocycles. The average Bonchev–Trinajstić information content (AvgIpc) is 3.32. The Labute approximate surface area is 200 Å². The smallest absolute Gasteiger partial charge is 0.293 e. The van der Waals surface area contributed by atoms with E-state index >= 15 is 0 Å². The number of aryl methyl sites for hydroxylation is 1. The molecular weight excluding hydrogens is 460 g/mol. The average molecular weight is 487 g/mol. The molecule has 3 amide bonds. The molecule has 2 aliphatic rings. The number of thioether (sulfide) groups is 2. The van der Waals surface area contributed by atoms with Gasteiger partial charge < -0.3 is 9.88 Å². The van der Waals surface area contributed by atoms with Crippen LogP contribution >= 0.6 is 23.5 Å². The van der Waals surface area contributed by atoms with Gasteiger partial charge in [0.15, 0.2) is 5.16 Å². The quantitative estimate of drug-likeness (QED) is 0.446. The first-order chi connectivity index (χ1) is 16.0. The van der Waals surface area contributed by atoms with Crippen LogP contribution < -0.4 is 5.32 Å². The van der Waals surface area contributed by atoms with Gasteiger partial charge in [0.1, 0.15) is 5.82 Å². The van der Waals surface area contributed by atoms with Gasteiger partial charge in [0.2, 0.25) is 5.91 Å². The van der Waals surface area contributed by atoms with Gasteiger partial charge in [-0.25, -0.2) is 0 Å². The number of hydrogen-bond acceptors (Lipinski definition) is 8. The van der Waals surface area contributed by atoms with Gasteiger partial charge in [-0.3, -0.25) is 24.3 Å². The Balaban J connectivity index is 1.25. The van der Waals surface area contributed by atoms with E-state index in [0.717, 1.165) is 46.0 Å². The Bertz CT molecular complexity index is 1050. The minimum absolute atomic E-state index is 0.128. The Morgan fingerprint density at radius 3 is 2.85 bits per heavy atom. The highest BCUT2D eigenvalue weighted by Gasteiger charge is 2.34. The fourth-order valence-corrected chi connectivity index (χ4v) is 5.75. The highest BCUT2D eigenvalue weighted by atomic mass is 32.2. The molecule has 1 saturated carbocycles. The zero-order valence-corrected chi connectivity index (χ0v) is 20.0. The third-order valence-electron chi connectivity index (χ3n) is 5.62. The summed E-state index contributed by atoms with van der Waals surface area (Å²) < 4.78 is 2.16. The highest BCUT2D eigenvalue weighted by molar-refractivity contribution is 8.18. The van der Waals surface area contributed by atoms with Crippen molar-refractivity contribution < 1.29 is 14.4 Å². The van der Waals surface area contributed by atoms with Gasteiger partial charge in [-0.15, -0.1) is 10.2 Å². The molecule has 9 nitrogen and oxygen atoms in total. The lowest BCUT2D eigenvalue weighted by molar-refractivity contribution is -0.123. The first-order valence-electron chi connectivity index (χ1n) is 11.0. The van der Waals surface area contributed by atoms with Crippen molar-refractivity contribution in [3.8, 4) is 0 Å². The van der Waals surface area contributed by atoms with Crippen molar-refractivity contribution in [1.82, 2.24) is 30.0 Å². The monoisotopic (exact) mass is 486 g/mol. The molecule has 33 heavy (non-hydrogen) atoms. The van der Waals surface area contributed by atoms with Crippen LogP contribution in [0.4, 0.5) is 4.79 Å². The number of carbonyl (C=O) groups is 3. The topological polar surface area (TPSA) is 110 Å². The first kappa shape index (κ1) is 23.5. The van der Waals surface area contributed by atoms with E-state index in [0.29, 0.717) is 10.9 Å². The maximum Gasteiger partial charge on any atom is 0.293 e. The van der Waals surface area contributed by atoms with Crippen LogP contribution in [-0.2, 0) is 9.59 Å². The summed E-state index contributed by atoms with van der Waals surface area (Å²) in [6.45, 7) is 2.28.